The molecule has 5 nitrogen and oxygen atoms in total. The Kier molecular flexibility index (Phi) is 5.12. The van der Waals surface area contributed by atoms with Gasteiger partial charge in [-0.2, -0.15) is 0 Å². The summed E-state index contributed by atoms with van der Waals surface area (Å²) in [6.07, 6.45) is 7.60. The van der Waals surface area contributed by atoms with Crippen molar-refractivity contribution in [3.63, 3.8) is 0 Å². The van der Waals surface area contributed by atoms with Crippen molar-refractivity contribution in [3.05, 3.63) is 0 Å². The van der Waals surface area contributed by atoms with Gasteiger partial charge in [0.05, 0.1) is 5.92 Å². The summed E-state index contributed by atoms with van der Waals surface area (Å²) in [7, 11) is 0. The van der Waals surface area contributed by atoms with Gasteiger partial charge >= 0.3 is 12.0 Å². The Balaban J connectivity index is 1.82. The predicted octanol–water partition coefficient (Wildman–Crippen LogP) is 2.90. The van der Waals surface area contributed by atoms with Gasteiger partial charge in [-0.3, -0.25) is 4.79 Å². The van der Waals surface area contributed by atoms with E-state index in [1.807, 2.05) is 0 Å². The minimum atomic E-state index is -0.740. The third kappa shape index (κ3) is 4.35. The predicted molar refractivity (Wildman–Crippen MR) is 81.1 cm³/mol. The Hall–Kier alpha value is -1.26. The second-order valence-electron chi connectivity index (χ2n) is 7.30. The van der Waals surface area contributed by atoms with Gasteiger partial charge in [0.1, 0.15) is 0 Å². The van der Waals surface area contributed by atoms with Crippen LogP contribution in [-0.4, -0.2) is 29.2 Å². The topological polar surface area (TPSA) is 78.4 Å². The molecule has 3 unspecified atom stereocenters. The molecule has 3 N–H and O–H groups in total. The smallest absolute Gasteiger partial charge is 0.315 e. The van der Waals surface area contributed by atoms with E-state index in [9.17, 15) is 9.59 Å². The number of aliphatic carboxylic acids is 1. The molecule has 2 amide bonds. The van der Waals surface area contributed by atoms with Gasteiger partial charge in [-0.25, -0.2) is 4.79 Å². The lowest BCUT2D eigenvalue weighted by molar-refractivity contribution is -0.143. The molecule has 2 saturated carbocycles. The van der Waals surface area contributed by atoms with E-state index >= 15 is 0 Å². The summed E-state index contributed by atoms with van der Waals surface area (Å²) < 4.78 is 0. The number of nitrogens with one attached hydrogen (secondary N) is 2. The molecule has 0 bridgehead atoms. The fourth-order valence-electron chi connectivity index (χ4n) is 3.69. The summed E-state index contributed by atoms with van der Waals surface area (Å²) in [5.41, 5.74) is 0.145. The highest BCUT2D eigenvalue weighted by Crippen LogP contribution is 2.35. The normalized spacial score (nSPS) is 32.2. The number of amides is 2. The van der Waals surface area contributed by atoms with E-state index in [1.54, 1.807) is 0 Å². The maximum Gasteiger partial charge on any atom is 0.315 e. The standard InChI is InChI=1S/C16H28N2O3/c1-16(2)9-4-3-8-13(16)18-15(21)17-12-7-5-6-11(10-12)14(19)20/h11-13H,3-10H2,1-2H3,(H,19,20)(H2,17,18,21). The molecular weight excluding hydrogens is 268 g/mol. The van der Waals surface area contributed by atoms with Crippen LogP contribution in [0.2, 0.25) is 0 Å². The minimum absolute atomic E-state index is 0.00782. The van der Waals surface area contributed by atoms with Gasteiger partial charge in [0.15, 0.2) is 0 Å². The van der Waals surface area contributed by atoms with Crippen LogP contribution in [0.1, 0.15) is 65.2 Å². The van der Waals surface area contributed by atoms with E-state index < -0.39 is 5.97 Å². The fraction of sp³-hybridized carbons (Fsp3) is 0.875. The maximum atomic E-state index is 12.2. The number of carbonyl (C=O) groups excluding carboxylic acids is 1. The molecule has 2 rings (SSSR count). The molecule has 2 fully saturated rings. The van der Waals surface area contributed by atoms with Crippen LogP contribution in [-0.2, 0) is 4.79 Å². The molecule has 0 aromatic heterocycles. The number of carboxylic acid groups (broad SMARTS) is 1. The molecule has 0 heterocycles. The molecule has 2 aliphatic carbocycles. The second kappa shape index (κ2) is 6.67. The molecule has 3 atom stereocenters. The number of carboxylic acids is 1. The molecule has 2 aliphatic rings. The largest absolute Gasteiger partial charge is 0.481 e. The van der Waals surface area contributed by atoms with Crippen LogP contribution >= 0.6 is 0 Å². The zero-order chi connectivity index (χ0) is 15.5. The number of carbonyl (C=O) groups is 2. The Morgan fingerprint density at radius 1 is 1.05 bits per heavy atom. The Morgan fingerprint density at radius 2 is 1.81 bits per heavy atom. The summed E-state index contributed by atoms with van der Waals surface area (Å²) >= 11 is 0. The molecule has 120 valence electrons. The van der Waals surface area contributed by atoms with Crippen LogP contribution in [0.5, 0.6) is 0 Å². The van der Waals surface area contributed by atoms with Crippen molar-refractivity contribution in [2.45, 2.75) is 77.3 Å². The molecule has 0 aliphatic heterocycles. The van der Waals surface area contributed by atoms with Crippen molar-refractivity contribution < 1.29 is 14.7 Å². The van der Waals surface area contributed by atoms with Crippen LogP contribution in [0, 0.1) is 11.3 Å². The number of rotatable bonds is 3. The lowest BCUT2D eigenvalue weighted by atomic mass is 9.73. The first kappa shape index (κ1) is 16.1. The molecule has 21 heavy (non-hydrogen) atoms. The minimum Gasteiger partial charge on any atom is -0.481 e. The Morgan fingerprint density at radius 3 is 2.48 bits per heavy atom. The number of hydrogen-bond donors (Lipinski definition) is 3. The van der Waals surface area contributed by atoms with Gasteiger partial charge in [-0.05, 0) is 37.5 Å². The first-order chi connectivity index (χ1) is 9.88. The second-order valence-corrected chi connectivity index (χ2v) is 7.30. The highest BCUT2D eigenvalue weighted by molar-refractivity contribution is 5.75. The van der Waals surface area contributed by atoms with Crippen LogP contribution < -0.4 is 10.6 Å². The first-order valence-corrected chi connectivity index (χ1v) is 8.18. The maximum absolute atomic E-state index is 12.2. The van der Waals surface area contributed by atoms with E-state index in [1.165, 1.54) is 12.8 Å². The summed E-state index contributed by atoms with van der Waals surface area (Å²) in [6, 6.07) is 0.0719. The number of hydrogen-bond acceptors (Lipinski definition) is 2. The van der Waals surface area contributed by atoms with Crippen molar-refractivity contribution in [1.29, 1.82) is 0 Å². The van der Waals surface area contributed by atoms with E-state index in [2.05, 4.69) is 24.5 Å². The summed E-state index contributed by atoms with van der Waals surface area (Å²) in [5.74, 6) is -1.05. The van der Waals surface area contributed by atoms with Gasteiger partial charge in [-0.15, -0.1) is 0 Å². The average Bonchev–Trinajstić information content (AvgIpc) is 2.41. The van der Waals surface area contributed by atoms with E-state index in [-0.39, 0.29) is 29.4 Å². The van der Waals surface area contributed by atoms with Gasteiger partial charge in [0, 0.05) is 12.1 Å². The SMILES string of the molecule is CC1(C)CCCCC1NC(=O)NC1CCCC(C(=O)O)C1. The molecule has 0 aromatic carbocycles. The third-order valence-corrected chi connectivity index (χ3v) is 5.17. The van der Waals surface area contributed by atoms with E-state index in [0.29, 0.717) is 6.42 Å². The van der Waals surface area contributed by atoms with E-state index in [0.717, 1.165) is 32.1 Å². The highest BCUT2D eigenvalue weighted by Gasteiger charge is 2.34. The van der Waals surface area contributed by atoms with Crippen LogP contribution in [0.4, 0.5) is 4.79 Å². The molecule has 0 aromatic rings. The van der Waals surface area contributed by atoms with Crippen LogP contribution in [0.15, 0.2) is 0 Å². The fourth-order valence-corrected chi connectivity index (χ4v) is 3.69. The molecule has 0 radical (unpaired) electrons. The molecule has 0 saturated heterocycles. The van der Waals surface area contributed by atoms with E-state index in [4.69, 9.17) is 5.11 Å². The third-order valence-electron chi connectivity index (χ3n) is 5.17. The van der Waals surface area contributed by atoms with Gasteiger partial charge in [0.25, 0.3) is 0 Å². The molecular formula is C16H28N2O3. The highest BCUT2D eigenvalue weighted by atomic mass is 16.4. The summed E-state index contributed by atoms with van der Waals surface area (Å²) in [6.45, 7) is 4.41. The number of urea groups is 1. The Bertz CT molecular complexity index is 395. The molecule has 5 heteroatoms. The van der Waals surface area contributed by atoms with Gasteiger partial charge in [0.2, 0.25) is 0 Å². The Labute approximate surface area is 126 Å². The lowest BCUT2D eigenvalue weighted by Crippen LogP contribution is -2.53. The monoisotopic (exact) mass is 296 g/mol. The lowest BCUT2D eigenvalue weighted by Gasteiger charge is -2.39. The van der Waals surface area contributed by atoms with Gasteiger partial charge < -0.3 is 15.7 Å². The van der Waals surface area contributed by atoms with Gasteiger partial charge in [-0.1, -0.05) is 33.1 Å². The summed E-state index contributed by atoms with van der Waals surface area (Å²) in [5, 5.41) is 15.2. The first-order valence-electron chi connectivity index (χ1n) is 8.18. The van der Waals surface area contributed by atoms with Crippen molar-refractivity contribution >= 4 is 12.0 Å². The van der Waals surface area contributed by atoms with Crippen molar-refractivity contribution in [3.8, 4) is 0 Å². The van der Waals surface area contributed by atoms with Crippen molar-refractivity contribution in [2.24, 2.45) is 11.3 Å². The summed E-state index contributed by atoms with van der Waals surface area (Å²) in [4.78, 5) is 23.2. The zero-order valence-electron chi connectivity index (χ0n) is 13.2. The molecule has 0 spiro atoms. The van der Waals surface area contributed by atoms with Crippen molar-refractivity contribution in [1.82, 2.24) is 10.6 Å². The average molecular weight is 296 g/mol. The van der Waals surface area contributed by atoms with Crippen molar-refractivity contribution in [2.75, 3.05) is 0 Å². The zero-order valence-corrected chi connectivity index (χ0v) is 13.2. The van der Waals surface area contributed by atoms with Crippen LogP contribution in [0.25, 0.3) is 0 Å². The van der Waals surface area contributed by atoms with Crippen LogP contribution in [0.3, 0.4) is 0 Å². The quantitative estimate of drug-likeness (QED) is 0.749.